The second-order valence-corrected chi connectivity index (χ2v) is 5.70. The summed E-state index contributed by atoms with van der Waals surface area (Å²) in [6.45, 7) is 7.98. The van der Waals surface area contributed by atoms with Crippen LogP contribution in [-0.2, 0) is 6.54 Å². The molecule has 0 atom stereocenters. The Bertz CT molecular complexity index is 379. The van der Waals surface area contributed by atoms with Crippen LogP contribution in [-0.4, -0.2) is 18.0 Å². The standard InChI is InChI=1S/C16H26N2/c1-3-4-14-7-9-18(10-8-14)12-15-5-6-16(17)13(2)11-15/h5-6,11,14H,3-4,7-10,12,17H2,1-2H3. The molecule has 1 aromatic rings. The highest BCUT2D eigenvalue weighted by atomic mass is 15.1. The lowest BCUT2D eigenvalue weighted by molar-refractivity contribution is 0.172. The maximum atomic E-state index is 5.86. The molecule has 0 aliphatic carbocycles. The van der Waals surface area contributed by atoms with Crippen LogP contribution in [0.4, 0.5) is 5.69 Å². The van der Waals surface area contributed by atoms with E-state index in [1.165, 1.54) is 49.9 Å². The summed E-state index contributed by atoms with van der Waals surface area (Å²) in [6.07, 6.45) is 5.50. The van der Waals surface area contributed by atoms with Crippen molar-refractivity contribution < 1.29 is 0 Å². The number of likely N-dealkylation sites (tertiary alicyclic amines) is 1. The lowest BCUT2D eigenvalue weighted by Gasteiger charge is -2.32. The van der Waals surface area contributed by atoms with Gasteiger partial charge >= 0.3 is 0 Å². The van der Waals surface area contributed by atoms with Gasteiger partial charge in [-0.05, 0) is 56.0 Å². The van der Waals surface area contributed by atoms with Gasteiger partial charge in [-0.3, -0.25) is 4.90 Å². The highest BCUT2D eigenvalue weighted by Crippen LogP contribution is 2.23. The normalized spacial score (nSPS) is 18.1. The van der Waals surface area contributed by atoms with Crippen LogP contribution in [0.2, 0.25) is 0 Å². The fraction of sp³-hybridized carbons (Fsp3) is 0.625. The molecule has 0 unspecified atom stereocenters. The SMILES string of the molecule is CCCC1CCN(Cc2ccc(N)c(C)c2)CC1. The molecule has 2 N–H and O–H groups in total. The minimum absolute atomic E-state index is 0.903. The van der Waals surface area contributed by atoms with Crippen molar-refractivity contribution in [3.05, 3.63) is 29.3 Å². The number of rotatable bonds is 4. The maximum Gasteiger partial charge on any atom is 0.0343 e. The Kier molecular flexibility index (Phi) is 4.65. The van der Waals surface area contributed by atoms with Gasteiger partial charge in [0.05, 0.1) is 0 Å². The van der Waals surface area contributed by atoms with Crippen molar-refractivity contribution in [2.45, 2.75) is 46.1 Å². The minimum Gasteiger partial charge on any atom is -0.399 e. The third-order valence-electron chi connectivity index (χ3n) is 4.14. The second kappa shape index (κ2) is 6.24. The predicted octanol–water partition coefficient (Wildman–Crippen LogP) is 3.59. The Balaban J connectivity index is 1.85. The van der Waals surface area contributed by atoms with Gasteiger partial charge in [0.1, 0.15) is 0 Å². The first-order chi connectivity index (χ1) is 8.69. The topological polar surface area (TPSA) is 29.3 Å². The van der Waals surface area contributed by atoms with Crippen molar-refractivity contribution in [1.29, 1.82) is 0 Å². The molecule has 1 aromatic carbocycles. The number of piperidine rings is 1. The summed E-state index contributed by atoms with van der Waals surface area (Å²) < 4.78 is 0. The van der Waals surface area contributed by atoms with Gasteiger partial charge in [-0.15, -0.1) is 0 Å². The first-order valence-corrected chi connectivity index (χ1v) is 7.26. The molecule has 2 nitrogen and oxygen atoms in total. The summed E-state index contributed by atoms with van der Waals surface area (Å²) in [5.41, 5.74) is 9.36. The predicted molar refractivity (Wildman–Crippen MR) is 78.5 cm³/mol. The quantitative estimate of drug-likeness (QED) is 0.823. The molecule has 100 valence electrons. The average molecular weight is 246 g/mol. The average Bonchev–Trinajstić information content (AvgIpc) is 2.37. The van der Waals surface area contributed by atoms with Crippen molar-refractivity contribution in [3.63, 3.8) is 0 Å². The van der Waals surface area contributed by atoms with Gasteiger partial charge in [0.2, 0.25) is 0 Å². The third kappa shape index (κ3) is 3.49. The summed E-state index contributed by atoms with van der Waals surface area (Å²) in [6, 6.07) is 6.43. The number of nitrogen functional groups attached to an aromatic ring is 1. The van der Waals surface area contributed by atoms with Crippen molar-refractivity contribution in [3.8, 4) is 0 Å². The van der Waals surface area contributed by atoms with Crippen molar-refractivity contribution in [1.82, 2.24) is 4.90 Å². The molecule has 0 radical (unpaired) electrons. The lowest BCUT2D eigenvalue weighted by Crippen LogP contribution is -2.33. The maximum absolute atomic E-state index is 5.86. The van der Waals surface area contributed by atoms with Crippen LogP contribution in [0.15, 0.2) is 18.2 Å². The fourth-order valence-corrected chi connectivity index (χ4v) is 2.94. The summed E-state index contributed by atoms with van der Waals surface area (Å²) in [7, 11) is 0. The van der Waals surface area contributed by atoms with E-state index < -0.39 is 0 Å². The lowest BCUT2D eigenvalue weighted by atomic mass is 9.92. The molecule has 18 heavy (non-hydrogen) atoms. The summed E-state index contributed by atoms with van der Waals surface area (Å²) in [5, 5.41) is 0. The number of nitrogens with zero attached hydrogens (tertiary/aromatic N) is 1. The zero-order valence-electron chi connectivity index (χ0n) is 11.8. The number of anilines is 1. The Morgan fingerprint density at radius 3 is 2.61 bits per heavy atom. The molecule has 1 heterocycles. The summed E-state index contributed by atoms with van der Waals surface area (Å²) in [4.78, 5) is 2.58. The van der Waals surface area contributed by atoms with E-state index >= 15 is 0 Å². The molecular formula is C16H26N2. The van der Waals surface area contributed by atoms with Gasteiger partial charge in [0, 0.05) is 12.2 Å². The van der Waals surface area contributed by atoms with Gasteiger partial charge in [-0.1, -0.05) is 31.9 Å². The number of hydrogen-bond donors (Lipinski definition) is 1. The van der Waals surface area contributed by atoms with Crippen LogP contribution in [0.5, 0.6) is 0 Å². The van der Waals surface area contributed by atoms with E-state index in [0.717, 1.165) is 18.2 Å². The zero-order chi connectivity index (χ0) is 13.0. The summed E-state index contributed by atoms with van der Waals surface area (Å²) in [5.74, 6) is 0.972. The van der Waals surface area contributed by atoms with Crippen molar-refractivity contribution in [2.75, 3.05) is 18.8 Å². The molecule has 2 rings (SSSR count). The first-order valence-electron chi connectivity index (χ1n) is 7.26. The zero-order valence-corrected chi connectivity index (χ0v) is 11.8. The summed E-state index contributed by atoms with van der Waals surface area (Å²) >= 11 is 0. The largest absolute Gasteiger partial charge is 0.399 e. The van der Waals surface area contributed by atoms with Crippen molar-refractivity contribution >= 4 is 5.69 Å². The monoisotopic (exact) mass is 246 g/mol. The minimum atomic E-state index is 0.903. The van der Waals surface area contributed by atoms with E-state index in [-0.39, 0.29) is 0 Å². The van der Waals surface area contributed by atoms with Gasteiger partial charge in [0.15, 0.2) is 0 Å². The molecule has 1 aliphatic rings. The van der Waals surface area contributed by atoms with E-state index in [0.29, 0.717) is 0 Å². The van der Waals surface area contributed by atoms with E-state index in [9.17, 15) is 0 Å². The molecule has 0 amide bonds. The van der Waals surface area contributed by atoms with Crippen molar-refractivity contribution in [2.24, 2.45) is 5.92 Å². The highest BCUT2D eigenvalue weighted by molar-refractivity contribution is 5.47. The van der Waals surface area contributed by atoms with Crippen LogP contribution in [0.1, 0.15) is 43.7 Å². The smallest absolute Gasteiger partial charge is 0.0343 e. The molecule has 0 bridgehead atoms. The molecule has 1 aliphatic heterocycles. The van der Waals surface area contributed by atoms with E-state index in [1.54, 1.807) is 0 Å². The highest BCUT2D eigenvalue weighted by Gasteiger charge is 2.18. The molecule has 2 heteroatoms. The molecule has 0 saturated carbocycles. The van der Waals surface area contributed by atoms with Crippen LogP contribution >= 0.6 is 0 Å². The molecule has 1 fully saturated rings. The molecule has 0 spiro atoms. The van der Waals surface area contributed by atoms with Crippen LogP contribution < -0.4 is 5.73 Å². The van der Waals surface area contributed by atoms with Crippen LogP contribution in [0, 0.1) is 12.8 Å². The molecule has 1 saturated heterocycles. The Morgan fingerprint density at radius 2 is 2.00 bits per heavy atom. The van der Waals surface area contributed by atoms with Gasteiger partial charge in [-0.25, -0.2) is 0 Å². The van der Waals surface area contributed by atoms with E-state index in [2.05, 4.69) is 30.9 Å². The Morgan fingerprint density at radius 1 is 1.28 bits per heavy atom. The van der Waals surface area contributed by atoms with Gasteiger partial charge in [-0.2, -0.15) is 0 Å². The first kappa shape index (κ1) is 13.4. The number of nitrogens with two attached hydrogens (primary N) is 1. The number of benzene rings is 1. The second-order valence-electron chi connectivity index (χ2n) is 5.70. The third-order valence-corrected chi connectivity index (χ3v) is 4.14. The van der Waals surface area contributed by atoms with Gasteiger partial charge in [0.25, 0.3) is 0 Å². The van der Waals surface area contributed by atoms with Gasteiger partial charge < -0.3 is 5.73 Å². The molecular weight excluding hydrogens is 220 g/mol. The number of hydrogen-bond acceptors (Lipinski definition) is 2. The van der Waals surface area contributed by atoms with Crippen LogP contribution in [0.3, 0.4) is 0 Å². The Labute approximate surface area is 111 Å². The fourth-order valence-electron chi connectivity index (χ4n) is 2.94. The Hall–Kier alpha value is -1.02. The van der Waals surface area contributed by atoms with Crippen LogP contribution in [0.25, 0.3) is 0 Å². The van der Waals surface area contributed by atoms with E-state index in [1.807, 2.05) is 6.07 Å². The van der Waals surface area contributed by atoms with E-state index in [4.69, 9.17) is 5.73 Å². The molecule has 0 aromatic heterocycles. The number of aryl methyl sites for hydroxylation is 1.